The molecule has 0 radical (unpaired) electrons. The average Bonchev–Trinajstić information content (AvgIpc) is 3.13. The second-order valence-corrected chi connectivity index (χ2v) is 22.2. The van der Waals surface area contributed by atoms with E-state index in [9.17, 15) is 24.0 Å². The van der Waals surface area contributed by atoms with Gasteiger partial charge in [0, 0.05) is 13.2 Å². The van der Waals surface area contributed by atoms with E-state index >= 15 is 0 Å². The van der Waals surface area contributed by atoms with Gasteiger partial charge < -0.3 is 42.8 Å². The van der Waals surface area contributed by atoms with Gasteiger partial charge in [-0.25, -0.2) is 0 Å². The van der Waals surface area contributed by atoms with Crippen molar-refractivity contribution in [2.75, 3.05) is 39.6 Å². The minimum atomic E-state index is -5.07. The van der Waals surface area contributed by atoms with Gasteiger partial charge in [0.2, 0.25) is 0 Å². The quantitative estimate of drug-likeness (QED) is 0.0442. The van der Waals surface area contributed by atoms with Crippen LogP contribution < -0.4 is 9.79 Å². The fourth-order valence-corrected chi connectivity index (χ4v) is 8.71. The Morgan fingerprint density at radius 2 is 0.763 bits per heavy atom. The lowest BCUT2D eigenvalue weighted by Crippen LogP contribution is -2.29. The van der Waals surface area contributed by atoms with E-state index in [-0.39, 0.29) is 13.2 Å². The van der Waals surface area contributed by atoms with Crippen LogP contribution in [-0.4, -0.2) is 61.8 Å². The van der Waals surface area contributed by atoms with Crippen molar-refractivity contribution >= 4 is 15.6 Å². The Morgan fingerprint density at radius 3 is 1.14 bits per heavy atom. The molecule has 2 unspecified atom stereocenters. The zero-order valence-electron chi connectivity index (χ0n) is 39.6. The molecule has 13 heteroatoms. The zero-order valence-corrected chi connectivity index (χ0v) is 41.4. The summed E-state index contributed by atoms with van der Waals surface area (Å²) in [5.41, 5.74) is 0. The number of hydrogen-bond acceptors (Lipinski definition) is 10. The third-order valence-electron chi connectivity index (χ3n) is 11.8. The second kappa shape index (κ2) is 35.4. The van der Waals surface area contributed by atoms with Gasteiger partial charge in [0.25, 0.3) is 15.6 Å². The van der Waals surface area contributed by atoms with Crippen LogP contribution in [0.2, 0.25) is 0 Å². The van der Waals surface area contributed by atoms with Crippen LogP contribution in [0.3, 0.4) is 0 Å². The molecule has 2 N–H and O–H groups in total. The molecule has 0 aromatic rings. The van der Waals surface area contributed by atoms with Crippen molar-refractivity contribution in [3.05, 3.63) is 0 Å². The van der Waals surface area contributed by atoms with E-state index < -0.39 is 41.1 Å². The summed E-state index contributed by atoms with van der Waals surface area (Å²) in [5.74, 6) is 5.66. The molecule has 11 nitrogen and oxygen atoms in total. The van der Waals surface area contributed by atoms with E-state index in [2.05, 4.69) is 73.8 Å². The third-order valence-corrected chi connectivity index (χ3v) is 13.2. The van der Waals surface area contributed by atoms with E-state index in [1.807, 2.05) is 0 Å². The largest absolute Gasteiger partial charge is 0.756 e. The van der Waals surface area contributed by atoms with Crippen LogP contribution in [0.5, 0.6) is 0 Å². The van der Waals surface area contributed by atoms with Gasteiger partial charge in [-0.1, -0.05) is 185 Å². The zero-order chi connectivity index (χ0) is 44.7. The van der Waals surface area contributed by atoms with Crippen molar-refractivity contribution in [1.82, 2.24) is 0 Å². The Kier molecular flexibility index (Phi) is 35.5. The number of ether oxygens (including phenoxy) is 2. The standard InChI is InChI=1S/C46H96O11P2/c1-37(2)17-11-19-39(5)21-13-23-41(7)25-15-27-43(9)29-31-53-35-46(36-57-59(51,52)56-34-45(47)33-55-58(48,49)50)54-32-30-44(10)28-16-26-42(8)24-14-22-40(6)20-12-18-38(3)4/h37-47H,11-36H2,1-10H3,(H,51,52)(H2,48,49,50)/p-2/t39-,40+,41+,42-,43-,44+,45-,46+/m0/s1. The fourth-order valence-electron chi connectivity index (χ4n) is 7.57. The molecule has 0 aliphatic carbocycles. The molecular formula is C46H94O11P2-2. The van der Waals surface area contributed by atoms with Crippen molar-refractivity contribution < 1.29 is 52.0 Å². The predicted octanol–water partition coefficient (Wildman–Crippen LogP) is 11.7. The molecule has 356 valence electrons. The first-order valence-corrected chi connectivity index (χ1v) is 26.8. The maximum absolute atomic E-state index is 12.4. The monoisotopic (exact) mass is 885 g/mol. The molecular weight excluding hydrogens is 790 g/mol. The number of phosphoric ester groups is 2. The van der Waals surface area contributed by atoms with Gasteiger partial charge in [0.1, 0.15) is 12.2 Å². The van der Waals surface area contributed by atoms with Crippen LogP contribution >= 0.6 is 15.6 Å². The van der Waals surface area contributed by atoms with Crippen molar-refractivity contribution in [3.8, 4) is 0 Å². The number of aliphatic hydroxyl groups is 1. The Bertz CT molecular complexity index is 1060. The van der Waals surface area contributed by atoms with Crippen molar-refractivity contribution in [1.29, 1.82) is 0 Å². The number of phosphoric acid groups is 2. The maximum Gasteiger partial charge on any atom is 0.268 e. The Hall–Kier alpha value is 0.1000. The minimum Gasteiger partial charge on any atom is -0.756 e. The molecule has 0 rings (SSSR count). The molecule has 0 aliphatic heterocycles. The Morgan fingerprint density at radius 1 is 0.441 bits per heavy atom. The summed E-state index contributed by atoms with van der Waals surface area (Å²) >= 11 is 0. The fraction of sp³-hybridized carbons (Fsp3) is 1.00. The first kappa shape index (κ1) is 59.1. The molecule has 59 heavy (non-hydrogen) atoms. The Balaban J connectivity index is 4.69. The summed E-state index contributed by atoms with van der Waals surface area (Å²) in [6, 6.07) is 0. The maximum atomic E-state index is 12.4. The van der Waals surface area contributed by atoms with Crippen LogP contribution in [-0.2, 0) is 32.2 Å². The van der Waals surface area contributed by atoms with Gasteiger partial charge in [0.05, 0.1) is 26.4 Å². The first-order chi connectivity index (χ1) is 27.7. The lowest BCUT2D eigenvalue weighted by atomic mass is 9.91. The summed E-state index contributed by atoms with van der Waals surface area (Å²) in [5, 5.41) is 9.79. The summed E-state index contributed by atoms with van der Waals surface area (Å²) in [4.78, 5) is 31.9. The minimum absolute atomic E-state index is 0.160. The predicted molar refractivity (Wildman–Crippen MR) is 239 cm³/mol. The van der Waals surface area contributed by atoms with Gasteiger partial charge in [-0.2, -0.15) is 0 Å². The normalized spacial score (nSPS) is 18.6. The van der Waals surface area contributed by atoms with Crippen molar-refractivity contribution in [3.63, 3.8) is 0 Å². The SMILES string of the molecule is CC(C)CCC[C@@H](C)CCC[C@H](C)CCC[C@@H](C)CCO[C@H](COCC[C@@H](C)CCC[C@H](C)CCC[C@@H](C)CCCC(C)C)COP(=O)([O-])OC[C@@H](O)COP(=O)([O-])O. The number of aliphatic hydroxyl groups excluding tert-OH is 1. The second-order valence-electron chi connectivity index (χ2n) is 19.6. The van der Waals surface area contributed by atoms with Crippen LogP contribution in [0.1, 0.15) is 198 Å². The molecule has 0 aliphatic rings. The van der Waals surface area contributed by atoms with Crippen LogP contribution in [0, 0.1) is 47.3 Å². The first-order valence-electron chi connectivity index (χ1n) is 23.8. The molecule has 0 fully saturated rings. The van der Waals surface area contributed by atoms with Crippen LogP contribution in [0.4, 0.5) is 0 Å². The van der Waals surface area contributed by atoms with E-state index in [1.165, 1.54) is 103 Å². The van der Waals surface area contributed by atoms with Gasteiger partial charge in [-0.05, 0) is 60.2 Å². The van der Waals surface area contributed by atoms with Gasteiger partial charge in [-0.3, -0.25) is 9.13 Å². The van der Waals surface area contributed by atoms with Crippen molar-refractivity contribution in [2.24, 2.45) is 47.3 Å². The highest BCUT2D eigenvalue weighted by molar-refractivity contribution is 7.45. The molecule has 0 saturated heterocycles. The molecule has 0 aromatic heterocycles. The Labute approximate surface area is 363 Å². The highest BCUT2D eigenvalue weighted by atomic mass is 31.2. The number of rotatable bonds is 42. The third kappa shape index (κ3) is 40.6. The molecule has 0 spiro atoms. The molecule has 0 heterocycles. The average molecular weight is 885 g/mol. The van der Waals surface area contributed by atoms with E-state index in [0.29, 0.717) is 25.0 Å². The topological polar surface area (TPSA) is 167 Å². The molecule has 0 saturated carbocycles. The molecule has 0 aromatic carbocycles. The van der Waals surface area contributed by atoms with Gasteiger partial charge in [-0.15, -0.1) is 0 Å². The van der Waals surface area contributed by atoms with Gasteiger partial charge >= 0.3 is 0 Å². The van der Waals surface area contributed by atoms with E-state index in [0.717, 1.165) is 61.2 Å². The molecule has 10 atom stereocenters. The summed E-state index contributed by atoms with van der Waals surface area (Å²) in [6.45, 7) is 22.4. The van der Waals surface area contributed by atoms with E-state index in [4.69, 9.17) is 23.4 Å². The van der Waals surface area contributed by atoms with Crippen LogP contribution in [0.15, 0.2) is 0 Å². The van der Waals surface area contributed by atoms with Crippen LogP contribution in [0.25, 0.3) is 0 Å². The summed E-state index contributed by atoms with van der Waals surface area (Å²) < 4.78 is 49.2. The lowest BCUT2D eigenvalue weighted by molar-refractivity contribution is -0.231. The lowest BCUT2D eigenvalue weighted by Gasteiger charge is -2.27. The molecule has 0 bridgehead atoms. The highest BCUT2D eigenvalue weighted by Crippen LogP contribution is 2.39. The molecule has 0 amide bonds. The summed E-state index contributed by atoms with van der Waals surface area (Å²) in [6.07, 6.45) is 22.5. The van der Waals surface area contributed by atoms with Crippen molar-refractivity contribution in [2.45, 2.75) is 210 Å². The highest BCUT2D eigenvalue weighted by Gasteiger charge is 2.20. The smallest absolute Gasteiger partial charge is 0.268 e. The number of hydrogen-bond donors (Lipinski definition) is 2. The van der Waals surface area contributed by atoms with E-state index in [1.54, 1.807) is 0 Å². The summed E-state index contributed by atoms with van der Waals surface area (Å²) in [7, 11) is -9.94. The van der Waals surface area contributed by atoms with Gasteiger partial charge in [0.15, 0.2) is 0 Å².